The molecular formula is C8H16N2O4. The Labute approximate surface area is 82.4 Å². The molecule has 0 spiro atoms. The van der Waals surface area contributed by atoms with E-state index in [0.717, 1.165) is 0 Å². The number of carboxylic acid groups (broad SMARTS) is 1. The zero-order valence-electron chi connectivity index (χ0n) is 8.16. The highest BCUT2D eigenvalue weighted by atomic mass is 16.5. The summed E-state index contributed by atoms with van der Waals surface area (Å²) in [7, 11) is 1.41. The van der Waals surface area contributed by atoms with E-state index in [-0.39, 0.29) is 31.8 Å². The molecule has 1 amide bonds. The lowest BCUT2D eigenvalue weighted by atomic mass is 10.2. The van der Waals surface area contributed by atoms with Crippen molar-refractivity contribution < 1.29 is 19.4 Å². The third-order valence-corrected chi connectivity index (χ3v) is 1.63. The summed E-state index contributed by atoms with van der Waals surface area (Å²) in [5.74, 6) is -1.15. The van der Waals surface area contributed by atoms with Crippen LogP contribution in [0.1, 0.15) is 12.8 Å². The summed E-state index contributed by atoms with van der Waals surface area (Å²) in [4.78, 5) is 21.3. The number of amides is 1. The number of nitrogens with one attached hydrogen (secondary N) is 1. The summed E-state index contributed by atoms with van der Waals surface area (Å²) in [6.07, 6.45) is -0.377. The minimum absolute atomic E-state index is 0.126. The average Bonchev–Trinajstić information content (AvgIpc) is 2.12. The van der Waals surface area contributed by atoms with Gasteiger partial charge in [0.2, 0.25) is 5.91 Å². The monoisotopic (exact) mass is 204 g/mol. The Morgan fingerprint density at radius 3 is 2.64 bits per heavy atom. The molecule has 0 saturated carbocycles. The highest BCUT2D eigenvalue weighted by Crippen LogP contribution is 1.95. The number of ether oxygens (including phenoxy) is 1. The number of aliphatic carboxylic acids is 1. The van der Waals surface area contributed by atoms with E-state index in [1.807, 2.05) is 0 Å². The second-order valence-corrected chi connectivity index (χ2v) is 2.80. The molecule has 14 heavy (non-hydrogen) atoms. The predicted octanol–water partition coefficient (Wildman–Crippen LogP) is -1.06. The minimum Gasteiger partial charge on any atom is -0.481 e. The molecule has 0 rings (SSSR count). The average molecular weight is 204 g/mol. The van der Waals surface area contributed by atoms with Gasteiger partial charge in [0.1, 0.15) is 0 Å². The first-order chi connectivity index (χ1) is 6.60. The van der Waals surface area contributed by atoms with Crippen LogP contribution in [0.25, 0.3) is 0 Å². The minimum atomic E-state index is -0.954. The molecule has 0 aromatic rings. The van der Waals surface area contributed by atoms with Gasteiger partial charge in [0.05, 0.1) is 12.5 Å². The lowest BCUT2D eigenvalue weighted by Gasteiger charge is -2.13. The standard InChI is InChI=1S/C8H16N2O4/c1-14-6(4-8(12)13)5-10-7(11)2-3-9/h6H,2-5,9H2,1H3,(H,10,11)(H,12,13). The molecule has 0 fully saturated rings. The summed E-state index contributed by atoms with van der Waals surface area (Å²) >= 11 is 0. The molecule has 6 nitrogen and oxygen atoms in total. The first kappa shape index (κ1) is 12.9. The zero-order chi connectivity index (χ0) is 11.0. The molecule has 6 heteroatoms. The van der Waals surface area contributed by atoms with Crippen LogP contribution in [0, 0.1) is 0 Å². The molecule has 1 atom stereocenters. The van der Waals surface area contributed by atoms with Crippen molar-refractivity contribution in [2.45, 2.75) is 18.9 Å². The highest BCUT2D eigenvalue weighted by Gasteiger charge is 2.12. The first-order valence-electron chi connectivity index (χ1n) is 4.31. The van der Waals surface area contributed by atoms with E-state index < -0.39 is 12.1 Å². The summed E-state index contributed by atoms with van der Waals surface area (Å²) in [6.45, 7) is 0.476. The second-order valence-electron chi connectivity index (χ2n) is 2.80. The van der Waals surface area contributed by atoms with Crippen LogP contribution in [-0.4, -0.2) is 43.3 Å². The summed E-state index contributed by atoms with van der Waals surface area (Å²) in [5.41, 5.74) is 5.16. The second kappa shape index (κ2) is 7.28. The van der Waals surface area contributed by atoms with Gasteiger partial charge in [-0.2, -0.15) is 0 Å². The van der Waals surface area contributed by atoms with Crippen molar-refractivity contribution in [2.24, 2.45) is 5.73 Å². The molecule has 0 aliphatic carbocycles. The van der Waals surface area contributed by atoms with Crippen molar-refractivity contribution in [3.8, 4) is 0 Å². The number of methoxy groups -OCH3 is 1. The number of hydrogen-bond donors (Lipinski definition) is 3. The lowest BCUT2D eigenvalue weighted by molar-refractivity contribution is -0.140. The topological polar surface area (TPSA) is 102 Å². The first-order valence-corrected chi connectivity index (χ1v) is 4.31. The van der Waals surface area contributed by atoms with Crippen molar-refractivity contribution in [3.63, 3.8) is 0 Å². The molecule has 82 valence electrons. The molecule has 0 aliphatic heterocycles. The van der Waals surface area contributed by atoms with Crippen molar-refractivity contribution in [2.75, 3.05) is 20.2 Å². The molecule has 4 N–H and O–H groups in total. The molecule has 0 aromatic heterocycles. The molecule has 0 bridgehead atoms. The van der Waals surface area contributed by atoms with Crippen molar-refractivity contribution in [3.05, 3.63) is 0 Å². The van der Waals surface area contributed by atoms with E-state index in [0.29, 0.717) is 0 Å². The SMILES string of the molecule is COC(CNC(=O)CCN)CC(=O)O. The fourth-order valence-electron chi connectivity index (χ4n) is 0.881. The van der Waals surface area contributed by atoms with Gasteiger partial charge in [0.15, 0.2) is 0 Å². The molecule has 0 aliphatic rings. The van der Waals surface area contributed by atoms with Crippen molar-refractivity contribution in [1.82, 2.24) is 5.32 Å². The summed E-state index contributed by atoms with van der Waals surface area (Å²) in [5, 5.41) is 11.0. The van der Waals surface area contributed by atoms with E-state index in [1.54, 1.807) is 0 Å². The van der Waals surface area contributed by atoms with E-state index in [2.05, 4.69) is 5.32 Å². The Kier molecular flexibility index (Phi) is 6.69. The van der Waals surface area contributed by atoms with E-state index >= 15 is 0 Å². The number of carbonyl (C=O) groups is 2. The van der Waals surface area contributed by atoms with Gasteiger partial charge in [-0.25, -0.2) is 0 Å². The van der Waals surface area contributed by atoms with Crippen LogP contribution < -0.4 is 11.1 Å². The number of rotatable bonds is 7. The number of nitrogens with two attached hydrogens (primary N) is 1. The van der Waals surface area contributed by atoms with Crippen molar-refractivity contribution >= 4 is 11.9 Å². The molecule has 0 aromatic carbocycles. The predicted molar refractivity (Wildman–Crippen MR) is 49.7 cm³/mol. The Morgan fingerprint density at radius 1 is 1.57 bits per heavy atom. The molecular weight excluding hydrogens is 188 g/mol. The van der Waals surface area contributed by atoms with Gasteiger partial charge in [-0.3, -0.25) is 9.59 Å². The van der Waals surface area contributed by atoms with Crippen LogP contribution in [0.4, 0.5) is 0 Å². The largest absolute Gasteiger partial charge is 0.481 e. The Morgan fingerprint density at radius 2 is 2.21 bits per heavy atom. The van der Waals surface area contributed by atoms with E-state index in [1.165, 1.54) is 7.11 Å². The van der Waals surface area contributed by atoms with Crippen LogP contribution in [0.15, 0.2) is 0 Å². The number of carboxylic acids is 1. The van der Waals surface area contributed by atoms with Crippen molar-refractivity contribution in [1.29, 1.82) is 0 Å². The van der Waals surface area contributed by atoms with Crippen LogP contribution >= 0.6 is 0 Å². The molecule has 0 heterocycles. The van der Waals surface area contributed by atoms with Gasteiger partial charge >= 0.3 is 5.97 Å². The van der Waals surface area contributed by atoms with E-state index in [4.69, 9.17) is 15.6 Å². The maximum absolute atomic E-state index is 11.0. The van der Waals surface area contributed by atoms with Crippen LogP contribution in [-0.2, 0) is 14.3 Å². The van der Waals surface area contributed by atoms with Gasteiger partial charge < -0.3 is 20.9 Å². The molecule has 0 saturated heterocycles. The normalized spacial score (nSPS) is 12.1. The Balaban J connectivity index is 3.71. The fourth-order valence-corrected chi connectivity index (χ4v) is 0.881. The summed E-state index contributed by atoms with van der Waals surface area (Å²) in [6, 6.07) is 0. The zero-order valence-corrected chi connectivity index (χ0v) is 8.16. The smallest absolute Gasteiger partial charge is 0.306 e. The van der Waals surface area contributed by atoms with Crippen LogP contribution in [0.2, 0.25) is 0 Å². The fraction of sp³-hybridized carbons (Fsp3) is 0.750. The van der Waals surface area contributed by atoms with Gasteiger partial charge in [0.25, 0.3) is 0 Å². The van der Waals surface area contributed by atoms with Gasteiger partial charge in [-0.1, -0.05) is 0 Å². The van der Waals surface area contributed by atoms with Gasteiger partial charge in [-0.05, 0) is 0 Å². The maximum Gasteiger partial charge on any atom is 0.306 e. The Bertz CT molecular complexity index is 196. The van der Waals surface area contributed by atoms with Crippen LogP contribution in [0.3, 0.4) is 0 Å². The highest BCUT2D eigenvalue weighted by molar-refractivity contribution is 5.76. The molecule has 1 unspecified atom stereocenters. The van der Waals surface area contributed by atoms with Crippen LogP contribution in [0.5, 0.6) is 0 Å². The quantitative estimate of drug-likeness (QED) is 0.490. The molecule has 0 radical (unpaired) electrons. The van der Waals surface area contributed by atoms with Gasteiger partial charge in [-0.15, -0.1) is 0 Å². The summed E-state index contributed by atoms with van der Waals surface area (Å²) < 4.78 is 4.86. The lowest BCUT2D eigenvalue weighted by Crippen LogP contribution is -2.35. The number of hydrogen-bond acceptors (Lipinski definition) is 4. The maximum atomic E-state index is 11.0. The van der Waals surface area contributed by atoms with E-state index in [9.17, 15) is 9.59 Å². The van der Waals surface area contributed by atoms with Gasteiger partial charge in [0, 0.05) is 26.6 Å². The third kappa shape index (κ3) is 6.38. The third-order valence-electron chi connectivity index (χ3n) is 1.63. The Hall–Kier alpha value is -1.14. The number of carbonyl (C=O) groups excluding carboxylic acids is 1.